The van der Waals surface area contributed by atoms with Gasteiger partial charge in [0.15, 0.2) is 17.9 Å². The second kappa shape index (κ2) is 12.7. The number of piperazine rings is 1. The molecule has 3 saturated heterocycles. The van der Waals surface area contributed by atoms with Crippen LogP contribution in [0.5, 0.6) is 17.2 Å². The minimum atomic E-state index is -2.21. The van der Waals surface area contributed by atoms with Gasteiger partial charge < -0.3 is 39.4 Å². The zero-order chi connectivity index (χ0) is 34.1. The van der Waals surface area contributed by atoms with Gasteiger partial charge in [0.05, 0.1) is 36.0 Å². The van der Waals surface area contributed by atoms with Gasteiger partial charge in [-0.3, -0.25) is 24.2 Å². The molecule has 258 valence electrons. The number of aliphatic hydroxyl groups excluding tert-OH is 1. The number of Topliss-reactive ketones (excluding diaryl/α,β-unsaturated/α-hetero) is 1. The molecule has 3 aliphatic heterocycles. The predicted octanol–water partition coefficient (Wildman–Crippen LogP) is 1.34. The molecule has 3 fully saturated rings. The van der Waals surface area contributed by atoms with Crippen molar-refractivity contribution in [2.75, 3.05) is 45.6 Å². The summed E-state index contributed by atoms with van der Waals surface area (Å²) in [6.07, 6.45) is -2.44. The van der Waals surface area contributed by atoms with Crippen LogP contribution in [0.1, 0.15) is 75.3 Å². The Kier molecular flexibility index (Phi) is 8.82. The third-order valence-corrected chi connectivity index (χ3v) is 10.8. The Labute approximate surface area is 282 Å². The highest BCUT2D eigenvalue weighted by Crippen LogP contribution is 2.53. The van der Waals surface area contributed by atoms with E-state index in [0.29, 0.717) is 6.42 Å². The third-order valence-electron chi connectivity index (χ3n) is 10.5. The Morgan fingerprint density at radius 2 is 1.88 bits per heavy atom. The highest BCUT2D eigenvalue weighted by Gasteiger charge is 2.53. The molecule has 4 N–H and O–H groups in total. The molecule has 3 heterocycles. The molecule has 7 rings (SSSR count). The molecule has 14 heteroatoms. The van der Waals surface area contributed by atoms with Crippen LogP contribution in [0.4, 0.5) is 0 Å². The molecule has 48 heavy (non-hydrogen) atoms. The van der Waals surface area contributed by atoms with Crippen LogP contribution in [0, 0.1) is 0 Å². The van der Waals surface area contributed by atoms with Crippen LogP contribution < -0.4 is 4.74 Å². The van der Waals surface area contributed by atoms with E-state index in [0.717, 1.165) is 38.4 Å². The highest BCUT2D eigenvalue weighted by molar-refractivity contribution is 7.80. The fourth-order valence-corrected chi connectivity index (χ4v) is 8.35. The number of aromatic hydroxyl groups is 2. The summed E-state index contributed by atoms with van der Waals surface area (Å²) in [5.41, 5.74) is -3.29. The van der Waals surface area contributed by atoms with Crippen LogP contribution in [0.25, 0.3) is 0 Å². The maximum atomic E-state index is 13.9. The average molecular weight is 685 g/mol. The minimum absolute atomic E-state index is 0.0226. The molecule has 0 bridgehead atoms. The molecule has 5 aliphatic rings. The number of phenols is 2. The molecule has 2 aliphatic carbocycles. The Balaban J connectivity index is 1.24. The van der Waals surface area contributed by atoms with Crippen molar-refractivity contribution in [2.45, 2.75) is 75.1 Å². The number of aliphatic hydroxyl groups is 2. The molecule has 2 aromatic rings. The number of methoxy groups -OCH3 is 1. The van der Waals surface area contributed by atoms with E-state index in [4.69, 9.17) is 18.9 Å². The van der Waals surface area contributed by atoms with Gasteiger partial charge in [0, 0.05) is 61.6 Å². The van der Waals surface area contributed by atoms with E-state index in [9.17, 15) is 34.8 Å². The van der Waals surface area contributed by atoms with Crippen molar-refractivity contribution in [1.29, 1.82) is 0 Å². The van der Waals surface area contributed by atoms with E-state index in [-0.39, 0.29) is 52.5 Å². The SMILES string of the molecule is COc1cccc2c1C(=O)c1c(O)c3c(c(O)c1C2=O)C[C@@](O)(C(=O)CO)C[C@@H]3O[C@H]1C[C@H]2[C@H](O[C@@H]3CN(CCCS)CCN32)[C@H](C)O1. The van der Waals surface area contributed by atoms with Crippen molar-refractivity contribution in [3.05, 3.63) is 51.6 Å². The van der Waals surface area contributed by atoms with Gasteiger partial charge in [-0.2, -0.15) is 12.6 Å². The van der Waals surface area contributed by atoms with Gasteiger partial charge in [-0.1, -0.05) is 12.1 Å². The highest BCUT2D eigenvalue weighted by atomic mass is 32.1. The number of thiol groups is 1. The number of carbonyl (C=O) groups excluding carboxylic acids is 3. The number of phenolic OH excluding ortho intramolecular Hbond substituents is 2. The fourth-order valence-electron chi connectivity index (χ4n) is 8.20. The lowest BCUT2D eigenvalue weighted by atomic mass is 9.72. The summed E-state index contributed by atoms with van der Waals surface area (Å²) in [4.78, 5) is 45.3. The molecule has 7 atom stereocenters. The number of benzene rings is 2. The summed E-state index contributed by atoms with van der Waals surface area (Å²) in [5, 5.41) is 44.7. The Bertz CT molecular complexity index is 1670. The van der Waals surface area contributed by atoms with Crippen molar-refractivity contribution in [1.82, 2.24) is 9.80 Å². The van der Waals surface area contributed by atoms with Gasteiger partial charge in [-0.05, 0) is 31.7 Å². The topological polar surface area (TPSA) is 176 Å². The van der Waals surface area contributed by atoms with Crippen molar-refractivity contribution in [3.63, 3.8) is 0 Å². The van der Waals surface area contributed by atoms with Gasteiger partial charge in [-0.15, -0.1) is 0 Å². The first kappa shape index (κ1) is 33.4. The van der Waals surface area contributed by atoms with Crippen LogP contribution in [-0.2, 0) is 25.4 Å². The van der Waals surface area contributed by atoms with Crippen LogP contribution >= 0.6 is 12.6 Å². The predicted molar refractivity (Wildman–Crippen MR) is 172 cm³/mol. The summed E-state index contributed by atoms with van der Waals surface area (Å²) in [7, 11) is 1.35. The second-order valence-corrected chi connectivity index (χ2v) is 13.7. The number of fused-ring (bicyclic) bond motifs is 6. The smallest absolute Gasteiger partial charge is 0.202 e. The molecule has 13 nitrogen and oxygen atoms in total. The summed E-state index contributed by atoms with van der Waals surface area (Å²) in [6, 6.07) is 4.42. The van der Waals surface area contributed by atoms with Gasteiger partial charge in [0.1, 0.15) is 41.8 Å². The number of rotatable bonds is 8. The standard InChI is InChI=1S/C34H40N2O11S/c1-16-33-19(36-9-8-35(7-4-10-48)14-23(36)47-33)11-24(45-16)46-21-13-34(43,22(38)15-37)12-18-26(21)32(42)28-27(30(18)40)29(39)17-5-3-6-20(44-2)25(17)31(28)41/h3,5-6,16,19,21,23-24,33,37,40,42-43,48H,4,7-15H2,1-2H3/t16-,19-,21-,23+,24-,33+,34-/m0/s1. The van der Waals surface area contributed by atoms with Crippen LogP contribution in [0.15, 0.2) is 18.2 Å². The van der Waals surface area contributed by atoms with Crippen molar-refractivity contribution in [3.8, 4) is 17.2 Å². The van der Waals surface area contributed by atoms with E-state index < -0.39 is 77.4 Å². The Hall–Kier alpha value is -3.08. The largest absolute Gasteiger partial charge is 0.507 e. The molecule has 0 amide bonds. The third kappa shape index (κ3) is 5.24. The van der Waals surface area contributed by atoms with Crippen LogP contribution in [0.2, 0.25) is 0 Å². The molecule has 0 saturated carbocycles. The fraction of sp³-hybridized carbons (Fsp3) is 0.559. The van der Waals surface area contributed by atoms with Crippen LogP contribution in [-0.4, -0.2) is 130 Å². The minimum Gasteiger partial charge on any atom is -0.507 e. The molecule has 0 aromatic heterocycles. The lowest BCUT2D eigenvalue weighted by Gasteiger charge is -2.43. The lowest BCUT2D eigenvalue weighted by Crippen LogP contribution is -2.56. The Morgan fingerprint density at radius 1 is 1.10 bits per heavy atom. The summed E-state index contributed by atoms with van der Waals surface area (Å²) < 4.78 is 24.5. The summed E-state index contributed by atoms with van der Waals surface area (Å²) in [5.74, 6) is -2.69. The number of hydrogen-bond donors (Lipinski definition) is 5. The van der Waals surface area contributed by atoms with Crippen molar-refractivity contribution < 1.29 is 53.8 Å². The number of ketones is 3. The van der Waals surface area contributed by atoms with Crippen molar-refractivity contribution >= 4 is 30.0 Å². The van der Waals surface area contributed by atoms with Gasteiger partial charge in [0.25, 0.3) is 0 Å². The first-order valence-corrected chi connectivity index (χ1v) is 16.9. The van der Waals surface area contributed by atoms with Gasteiger partial charge in [0.2, 0.25) is 5.78 Å². The maximum absolute atomic E-state index is 13.9. The number of ether oxygens (including phenoxy) is 4. The zero-order valence-electron chi connectivity index (χ0n) is 26.8. The Morgan fingerprint density at radius 3 is 2.60 bits per heavy atom. The quantitative estimate of drug-likeness (QED) is 0.170. The molecular formula is C34H40N2O11S. The normalized spacial score (nSPS) is 31.4. The molecule has 0 unspecified atom stereocenters. The van der Waals surface area contributed by atoms with Crippen molar-refractivity contribution in [2.24, 2.45) is 0 Å². The monoisotopic (exact) mass is 684 g/mol. The lowest BCUT2D eigenvalue weighted by molar-refractivity contribution is -0.247. The zero-order valence-corrected chi connectivity index (χ0v) is 27.6. The second-order valence-electron chi connectivity index (χ2n) is 13.2. The number of nitrogens with zero attached hydrogens (tertiary/aromatic N) is 2. The van der Waals surface area contributed by atoms with Gasteiger partial charge in [-0.25, -0.2) is 0 Å². The maximum Gasteiger partial charge on any atom is 0.202 e. The summed E-state index contributed by atoms with van der Waals surface area (Å²) in [6.45, 7) is 4.26. The van der Waals surface area contributed by atoms with Crippen LogP contribution in [0.3, 0.4) is 0 Å². The van der Waals surface area contributed by atoms with E-state index in [2.05, 4.69) is 22.4 Å². The summed E-state index contributed by atoms with van der Waals surface area (Å²) >= 11 is 4.34. The van der Waals surface area contributed by atoms with E-state index >= 15 is 0 Å². The van der Waals surface area contributed by atoms with E-state index in [1.807, 2.05) is 6.92 Å². The first-order chi connectivity index (χ1) is 23.0. The molecule has 2 aromatic carbocycles. The number of carbonyl (C=O) groups is 3. The molecule has 0 radical (unpaired) electrons. The molecular weight excluding hydrogens is 644 g/mol. The van der Waals surface area contributed by atoms with E-state index in [1.165, 1.54) is 25.3 Å². The average Bonchev–Trinajstić information content (AvgIpc) is 3.45. The first-order valence-electron chi connectivity index (χ1n) is 16.3. The van der Waals surface area contributed by atoms with Gasteiger partial charge >= 0.3 is 0 Å². The molecule has 0 spiro atoms. The number of hydrogen-bond acceptors (Lipinski definition) is 14. The van der Waals surface area contributed by atoms with E-state index in [1.54, 1.807) is 0 Å².